The minimum absolute atomic E-state index is 0.0206. The van der Waals surface area contributed by atoms with Gasteiger partial charge in [-0.25, -0.2) is 0 Å². The molecule has 0 aliphatic carbocycles. The van der Waals surface area contributed by atoms with E-state index < -0.39 is 5.97 Å². The first-order valence-corrected chi connectivity index (χ1v) is 9.27. The Bertz CT molecular complexity index is 481. The van der Waals surface area contributed by atoms with Gasteiger partial charge >= 0.3 is 5.97 Å². The van der Waals surface area contributed by atoms with Crippen LogP contribution in [0.3, 0.4) is 0 Å². The third kappa shape index (κ3) is 4.91. The number of furan rings is 1. The molecule has 116 valence electrons. The molecule has 1 aromatic rings. The molecule has 0 amide bonds. The van der Waals surface area contributed by atoms with Gasteiger partial charge in [0.1, 0.15) is 10.1 Å². The summed E-state index contributed by atoms with van der Waals surface area (Å²) < 4.78 is 6.20. The Morgan fingerprint density at radius 3 is 3.10 bits per heavy atom. The van der Waals surface area contributed by atoms with E-state index in [0.29, 0.717) is 13.2 Å². The fraction of sp³-hybridized carbons (Fsp3) is 0.538. The smallest absolute Gasteiger partial charge is 0.304 e. The molecule has 1 unspecified atom stereocenters. The second-order valence-corrected chi connectivity index (χ2v) is 7.24. The summed E-state index contributed by atoms with van der Waals surface area (Å²) in [4.78, 5) is 15.3. The second-order valence-electron chi connectivity index (χ2n) is 4.75. The quantitative estimate of drug-likeness (QED) is 0.756. The van der Waals surface area contributed by atoms with E-state index >= 15 is 0 Å². The molecule has 1 aromatic heterocycles. The van der Waals surface area contributed by atoms with Crippen molar-refractivity contribution >= 4 is 46.0 Å². The first kappa shape index (κ1) is 16.7. The molecule has 1 atom stereocenters. The topological polar surface area (TPSA) is 56.9 Å². The maximum atomic E-state index is 11.0. The molecule has 8 heteroatoms. The third-order valence-electron chi connectivity index (χ3n) is 3.18. The van der Waals surface area contributed by atoms with Crippen LogP contribution in [0.15, 0.2) is 22.8 Å². The molecule has 2 rings (SSSR count). The summed E-state index contributed by atoms with van der Waals surface area (Å²) in [6.07, 6.45) is 3.80. The molecule has 0 radical (unpaired) electrons. The zero-order valence-corrected chi connectivity index (χ0v) is 14.2. The number of carbonyl (C=O) groups is 1. The summed E-state index contributed by atoms with van der Waals surface area (Å²) in [5.74, 6) is 1.64. The lowest BCUT2D eigenvalue weighted by molar-refractivity contribution is -0.138. The molecule has 0 bridgehead atoms. The lowest BCUT2D eigenvalue weighted by Gasteiger charge is -2.40. The van der Waals surface area contributed by atoms with Crippen molar-refractivity contribution in [2.75, 3.05) is 24.6 Å². The molecule has 1 N–H and O–H groups in total. The number of thioether (sulfide) groups is 2. The largest absolute Gasteiger partial charge is 0.481 e. The molecule has 5 nitrogen and oxygen atoms in total. The van der Waals surface area contributed by atoms with Gasteiger partial charge in [-0.05, 0) is 18.4 Å². The summed E-state index contributed by atoms with van der Waals surface area (Å²) in [5.41, 5.74) is 0. The van der Waals surface area contributed by atoms with Gasteiger partial charge in [0.15, 0.2) is 0 Å². The van der Waals surface area contributed by atoms with Crippen molar-refractivity contribution in [1.29, 1.82) is 0 Å². The number of carboxylic acids is 1. The van der Waals surface area contributed by atoms with Gasteiger partial charge in [0.2, 0.25) is 0 Å². The van der Waals surface area contributed by atoms with Crippen molar-refractivity contribution in [3.05, 3.63) is 24.2 Å². The van der Waals surface area contributed by atoms with Crippen molar-refractivity contribution in [3.63, 3.8) is 0 Å². The van der Waals surface area contributed by atoms with Crippen LogP contribution in [-0.2, 0) is 11.3 Å². The van der Waals surface area contributed by atoms with Gasteiger partial charge in [0, 0.05) is 11.8 Å². The van der Waals surface area contributed by atoms with Gasteiger partial charge in [-0.15, -0.1) is 0 Å². The molecular weight excluding hydrogens is 328 g/mol. The average molecular weight is 346 g/mol. The molecular formula is C13H18N2O3S3. The fourth-order valence-corrected chi connectivity index (χ4v) is 4.03. The van der Waals surface area contributed by atoms with Crippen LogP contribution in [0.5, 0.6) is 0 Å². The number of hydrogen-bond acceptors (Lipinski definition) is 6. The van der Waals surface area contributed by atoms with Crippen LogP contribution in [0.1, 0.15) is 12.2 Å². The van der Waals surface area contributed by atoms with E-state index in [-0.39, 0.29) is 12.5 Å². The van der Waals surface area contributed by atoms with Crippen LogP contribution in [0.25, 0.3) is 0 Å². The van der Waals surface area contributed by atoms with E-state index in [1.54, 1.807) is 29.8 Å². The number of nitrogens with zero attached hydrogens (tertiary/aromatic N) is 2. The predicted octanol–water partition coefficient (Wildman–Crippen LogP) is 2.54. The molecule has 1 saturated heterocycles. The van der Waals surface area contributed by atoms with Crippen LogP contribution < -0.4 is 0 Å². The lowest BCUT2D eigenvalue weighted by atomic mass is 10.2. The van der Waals surface area contributed by atoms with Crippen molar-refractivity contribution in [2.24, 2.45) is 0 Å². The Morgan fingerprint density at radius 1 is 1.67 bits per heavy atom. The number of hydrogen-bond donors (Lipinski definition) is 1. The highest BCUT2D eigenvalue weighted by Gasteiger charge is 2.28. The Labute approximate surface area is 138 Å². The number of rotatable bonds is 7. The molecule has 0 saturated carbocycles. The van der Waals surface area contributed by atoms with Crippen LogP contribution >= 0.6 is 35.7 Å². The molecule has 1 fully saturated rings. The molecule has 0 spiro atoms. The Balaban J connectivity index is 2.00. The highest BCUT2D eigenvalue weighted by Crippen LogP contribution is 2.24. The Kier molecular flexibility index (Phi) is 6.40. The van der Waals surface area contributed by atoms with Crippen LogP contribution in [0.2, 0.25) is 0 Å². The maximum Gasteiger partial charge on any atom is 0.304 e. The minimum Gasteiger partial charge on any atom is -0.481 e. The van der Waals surface area contributed by atoms with Gasteiger partial charge < -0.3 is 14.4 Å². The van der Waals surface area contributed by atoms with E-state index in [2.05, 4.69) is 9.80 Å². The standard InChI is InChI=1S/C13H18N2O3S3/c1-20-7-10(5-12(16)17)15-8-14(13(19)21-9-15)6-11-3-2-4-18-11/h2-4,10H,5-9H2,1H3,(H,16,17). The number of thiocarbonyl (C=S) groups is 1. The van der Waals surface area contributed by atoms with Crippen LogP contribution in [0, 0.1) is 0 Å². The Morgan fingerprint density at radius 2 is 2.48 bits per heavy atom. The van der Waals surface area contributed by atoms with Crippen molar-refractivity contribution in [1.82, 2.24) is 9.80 Å². The molecule has 2 heterocycles. The summed E-state index contributed by atoms with van der Waals surface area (Å²) in [7, 11) is 0. The fourth-order valence-electron chi connectivity index (χ4n) is 2.16. The highest BCUT2D eigenvalue weighted by atomic mass is 32.2. The summed E-state index contributed by atoms with van der Waals surface area (Å²) >= 11 is 8.64. The molecule has 0 aromatic carbocycles. The van der Waals surface area contributed by atoms with Crippen molar-refractivity contribution < 1.29 is 14.3 Å². The normalized spacial score (nSPS) is 18.0. The number of carboxylic acid groups (broad SMARTS) is 1. The van der Waals surface area contributed by atoms with E-state index in [9.17, 15) is 4.79 Å². The third-order valence-corrected chi connectivity index (χ3v) is 5.47. The predicted molar refractivity (Wildman–Crippen MR) is 90.4 cm³/mol. The molecule has 21 heavy (non-hydrogen) atoms. The molecule has 1 aliphatic heterocycles. The lowest BCUT2D eigenvalue weighted by Crippen LogP contribution is -2.50. The first-order chi connectivity index (χ1) is 10.1. The van der Waals surface area contributed by atoms with Gasteiger partial charge in [0.25, 0.3) is 0 Å². The van der Waals surface area contributed by atoms with E-state index in [0.717, 1.165) is 21.7 Å². The summed E-state index contributed by atoms with van der Waals surface area (Å²) in [6, 6.07) is 3.80. The van der Waals surface area contributed by atoms with Crippen molar-refractivity contribution in [2.45, 2.75) is 19.0 Å². The van der Waals surface area contributed by atoms with Gasteiger partial charge in [-0.2, -0.15) is 11.8 Å². The van der Waals surface area contributed by atoms with E-state index in [4.69, 9.17) is 21.7 Å². The van der Waals surface area contributed by atoms with Gasteiger partial charge in [-0.3, -0.25) is 9.69 Å². The summed E-state index contributed by atoms with van der Waals surface area (Å²) in [5, 5.41) is 9.07. The average Bonchev–Trinajstić information content (AvgIpc) is 2.93. The van der Waals surface area contributed by atoms with Crippen LogP contribution in [-0.4, -0.2) is 55.8 Å². The zero-order chi connectivity index (χ0) is 15.2. The monoisotopic (exact) mass is 346 g/mol. The highest BCUT2D eigenvalue weighted by molar-refractivity contribution is 8.22. The van der Waals surface area contributed by atoms with E-state index in [1.807, 2.05) is 18.4 Å². The van der Waals surface area contributed by atoms with E-state index in [1.165, 1.54) is 0 Å². The zero-order valence-electron chi connectivity index (χ0n) is 11.7. The summed E-state index contributed by atoms with van der Waals surface area (Å²) in [6.45, 7) is 1.26. The molecule has 1 aliphatic rings. The van der Waals surface area contributed by atoms with Gasteiger partial charge in [-0.1, -0.05) is 24.0 Å². The van der Waals surface area contributed by atoms with Crippen LogP contribution in [0.4, 0.5) is 0 Å². The van der Waals surface area contributed by atoms with Gasteiger partial charge in [0.05, 0.1) is 31.8 Å². The maximum absolute atomic E-state index is 11.0. The number of aliphatic carboxylic acids is 1. The second kappa shape index (κ2) is 8.07. The SMILES string of the molecule is CSCC(CC(=O)O)N1CSC(=S)N(Cc2ccco2)C1. The van der Waals surface area contributed by atoms with Crippen molar-refractivity contribution in [3.8, 4) is 0 Å². The first-order valence-electron chi connectivity index (χ1n) is 6.49. The minimum atomic E-state index is -0.759. The Hall–Kier alpha value is -0.700.